The first-order chi connectivity index (χ1) is 8.58. The van der Waals surface area contributed by atoms with E-state index in [9.17, 15) is 5.11 Å². The fourth-order valence-corrected chi connectivity index (χ4v) is 2.95. The van der Waals surface area contributed by atoms with Crippen LogP contribution in [0.25, 0.3) is 11.3 Å². The normalized spacial score (nSPS) is 22.2. The van der Waals surface area contributed by atoms with E-state index in [1.165, 1.54) is 0 Å². The van der Waals surface area contributed by atoms with Crippen molar-refractivity contribution in [3.05, 3.63) is 33.9 Å². The summed E-state index contributed by atoms with van der Waals surface area (Å²) < 4.78 is 2.89. The van der Waals surface area contributed by atoms with Crippen molar-refractivity contribution in [3.63, 3.8) is 0 Å². The molecule has 0 saturated carbocycles. The Morgan fingerprint density at radius 2 is 2.22 bits per heavy atom. The lowest BCUT2D eigenvalue weighted by molar-refractivity contribution is 0.149. The van der Waals surface area contributed by atoms with Crippen LogP contribution in [0.3, 0.4) is 0 Å². The standard InChI is InChI=1S/C13H14BrN3O/c1-7-5-12(18)11-6-9(14)3-4-10(11)13-8(2)15-16-17(7)13/h3-4,6-7,12,18H,5H2,1-2H3. The van der Waals surface area contributed by atoms with E-state index < -0.39 is 6.10 Å². The number of aliphatic hydroxyl groups excluding tert-OH is 1. The molecule has 2 atom stereocenters. The van der Waals surface area contributed by atoms with E-state index in [0.29, 0.717) is 6.42 Å². The Bertz CT molecular complexity index is 608. The Balaban J connectivity index is 2.32. The number of nitrogens with zero attached hydrogens (tertiary/aromatic N) is 3. The Hall–Kier alpha value is -1.20. The van der Waals surface area contributed by atoms with Gasteiger partial charge in [0.05, 0.1) is 23.5 Å². The summed E-state index contributed by atoms with van der Waals surface area (Å²) in [4.78, 5) is 0. The van der Waals surface area contributed by atoms with Crippen molar-refractivity contribution >= 4 is 15.9 Å². The van der Waals surface area contributed by atoms with Crippen molar-refractivity contribution < 1.29 is 5.11 Å². The molecule has 3 rings (SSSR count). The lowest BCUT2D eigenvalue weighted by atomic mass is 9.98. The summed E-state index contributed by atoms with van der Waals surface area (Å²) >= 11 is 3.46. The zero-order chi connectivity index (χ0) is 12.9. The van der Waals surface area contributed by atoms with Crippen molar-refractivity contribution in [2.45, 2.75) is 32.4 Å². The quantitative estimate of drug-likeness (QED) is 0.814. The molecule has 0 spiro atoms. The maximum Gasteiger partial charge on any atom is 0.0921 e. The van der Waals surface area contributed by atoms with Gasteiger partial charge in [0.2, 0.25) is 0 Å². The summed E-state index contributed by atoms with van der Waals surface area (Å²) in [6.07, 6.45) is 0.188. The summed E-state index contributed by atoms with van der Waals surface area (Å²) in [5.74, 6) is 0. The fraction of sp³-hybridized carbons (Fsp3) is 0.385. The minimum Gasteiger partial charge on any atom is -0.388 e. The van der Waals surface area contributed by atoms with E-state index in [4.69, 9.17) is 0 Å². The van der Waals surface area contributed by atoms with Crippen LogP contribution < -0.4 is 0 Å². The topological polar surface area (TPSA) is 50.9 Å². The molecule has 0 radical (unpaired) electrons. The van der Waals surface area contributed by atoms with Gasteiger partial charge in [0.15, 0.2) is 0 Å². The van der Waals surface area contributed by atoms with E-state index >= 15 is 0 Å². The smallest absolute Gasteiger partial charge is 0.0921 e. The number of hydrogen-bond donors (Lipinski definition) is 1. The molecule has 1 aromatic heterocycles. The third kappa shape index (κ3) is 1.69. The molecule has 0 fully saturated rings. The first-order valence-electron chi connectivity index (χ1n) is 5.97. The fourth-order valence-electron chi connectivity index (χ4n) is 2.57. The minimum atomic E-state index is -0.464. The predicted molar refractivity (Wildman–Crippen MR) is 72.2 cm³/mol. The summed E-state index contributed by atoms with van der Waals surface area (Å²) in [5, 5.41) is 18.7. The van der Waals surface area contributed by atoms with Gasteiger partial charge in [-0.1, -0.05) is 27.2 Å². The summed E-state index contributed by atoms with van der Waals surface area (Å²) in [6, 6.07) is 6.12. The molecule has 0 aliphatic carbocycles. The molecule has 1 aromatic carbocycles. The van der Waals surface area contributed by atoms with Gasteiger partial charge in [-0.2, -0.15) is 0 Å². The van der Waals surface area contributed by atoms with Gasteiger partial charge in [-0.15, -0.1) is 5.10 Å². The van der Waals surface area contributed by atoms with Crippen LogP contribution in [0.2, 0.25) is 0 Å². The molecule has 0 bridgehead atoms. The Morgan fingerprint density at radius 1 is 1.44 bits per heavy atom. The second kappa shape index (κ2) is 4.17. The number of aryl methyl sites for hydroxylation is 1. The number of benzene rings is 1. The lowest BCUT2D eigenvalue weighted by Crippen LogP contribution is -2.09. The second-order valence-electron chi connectivity index (χ2n) is 4.80. The average molecular weight is 308 g/mol. The number of rotatable bonds is 0. The van der Waals surface area contributed by atoms with Gasteiger partial charge in [-0.25, -0.2) is 4.68 Å². The van der Waals surface area contributed by atoms with E-state index in [0.717, 1.165) is 27.0 Å². The van der Waals surface area contributed by atoms with Gasteiger partial charge in [-0.05, 0) is 38.0 Å². The molecular formula is C13H14BrN3O. The summed E-state index contributed by atoms with van der Waals surface area (Å²) in [7, 11) is 0. The average Bonchev–Trinajstić information content (AvgIpc) is 2.66. The Morgan fingerprint density at radius 3 is 3.00 bits per heavy atom. The van der Waals surface area contributed by atoms with Crippen LogP contribution >= 0.6 is 15.9 Å². The van der Waals surface area contributed by atoms with Crippen LogP contribution in [0.5, 0.6) is 0 Å². The molecule has 4 nitrogen and oxygen atoms in total. The van der Waals surface area contributed by atoms with Crippen LogP contribution in [0, 0.1) is 6.92 Å². The van der Waals surface area contributed by atoms with Gasteiger partial charge >= 0.3 is 0 Å². The van der Waals surface area contributed by atoms with E-state index in [1.807, 2.05) is 29.8 Å². The van der Waals surface area contributed by atoms with Crippen LogP contribution in [-0.4, -0.2) is 20.1 Å². The minimum absolute atomic E-state index is 0.141. The highest BCUT2D eigenvalue weighted by Crippen LogP contribution is 2.39. The summed E-state index contributed by atoms with van der Waals surface area (Å²) in [5.41, 5.74) is 3.89. The predicted octanol–water partition coefficient (Wildman–Crippen LogP) is 3.01. The van der Waals surface area contributed by atoms with Crippen molar-refractivity contribution in [1.82, 2.24) is 15.0 Å². The molecule has 1 aliphatic rings. The van der Waals surface area contributed by atoms with Crippen LogP contribution in [0.1, 0.15) is 36.7 Å². The zero-order valence-corrected chi connectivity index (χ0v) is 11.8. The van der Waals surface area contributed by atoms with Gasteiger partial charge in [0.1, 0.15) is 0 Å². The number of aromatic nitrogens is 3. The number of fused-ring (bicyclic) bond motifs is 3. The number of hydrogen-bond acceptors (Lipinski definition) is 3. The van der Waals surface area contributed by atoms with Gasteiger partial charge in [0.25, 0.3) is 0 Å². The summed E-state index contributed by atoms with van der Waals surface area (Å²) in [6.45, 7) is 4.01. The SMILES string of the molecule is Cc1nnn2c1-c1ccc(Br)cc1C(O)CC2C. The first kappa shape index (κ1) is 11.9. The third-order valence-electron chi connectivity index (χ3n) is 3.47. The molecule has 2 unspecified atom stereocenters. The molecule has 1 aliphatic heterocycles. The first-order valence-corrected chi connectivity index (χ1v) is 6.77. The molecule has 5 heteroatoms. The van der Waals surface area contributed by atoms with E-state index in [1.54, 1.807) is 0 Å². The number of halogens is 1. The molecule has 2 aromatic rings. The van der Waals surface area contributed by atoms with E-state index in [-0.39, 0.29) is 6.04 Å². The van der Waals surface area contributed by atoms with Crippen molar-refractivity contribution in [3.8, 4) is 11.3 Å². The molecule has 1 N–H and O–H groups in total. The molecule has 0 amide bonds. The van der Waals surface area contributed by atoms with Crippen LogP contribution in [0.15, 0.2) is 22.7 Å². The Kier molecular flexibility index (Phi) is 2.75. The van der Waals surface area contributed by atoms with Crippen molar-refractivity contribution in [1.29, 1.82) is 0 Å². The van der Waals surface area contributed by atoms with Crippen LogP contribution in [0.4, 0.5) is 0 Å². The van der Waals surface area contributed by atoms with E-state index in [2.05, 4.69) is 33.2 Å². The van der Waals surface area contributed by atoms with Crippen molar-refractivity contribution in [2.75, 3.05) is 0 Å². The zero-order valence-electron chi connectivity index (χ0n) is 10.3. The largest absolute Gasteiger partial charge is 0.388 e. The van der Waals surface area contributed by atoms with Gasteiger partial charge < -0.3 is 5.11 Å². The second-order valence-corrected chi connectivity index (χ2v) is 5.72. The monoisotopic (exact) mass is 307 g/mol. The maximum atomic E-state index is 10.3. The molecule has 18 heavy (non-hydrogen) atoms. The molecular weight excluding hydrogens is 294 g/mol. The lowest BCUT2D eigenvalue weighted by Gasteiger charge is -2.13. The molecule has 2 heterocycles. The molecule has 0 saturated heterocycles. The van der Waals surface area contributed by atoms with Crippen LogP contribution in [-0.2, 0) is 0 Å². The maximum absolute atomic E-state index is 10.3. The van der Waals surface area contributed by atoms with Gasteiger partial charge in [-0.3, -0.25) is 0 Å². The van der Waals surface area contributed by atoms with Crippen molar-refractivity contribution in [2.24, 2.45) is 0 Å². The highest BCUT2D eigenvalue weighted by Gasteiger charge is 2.27. The highest BCUT2D eigenvalue weighted by molar-refractivity contribution is 9.10. The third-order valence-corrected chi connectivity index (χ3v) is 3.97. The highest BCUT2D eigenvalue weighted by atomic mass is 79.9. The Labute approximate surface area is 114 Å². The number of aliphatic hydroxyl groups is 1. The van der Waals surface area contributed by atoms with Gasteiger partial charge in [0, 0.05) is 10.0 Å². The molecule has 94 valence electrons.